The van der Waals surface area contributed by atoms with Crippen molar-refractivity contribution in [3.05, 3.63) is 56.9 Å². The van der Waals surface area contributed by atoms with Crippen molar-refractivity contribution in [2.45, 2.75) is 24.4 Å². The highest BCUT2D eigenvalue weighted by atomic mass is 35.5. The fourth-order valence-corrected chi connectivity index (χ4v) is 4.39. The third-order valence-corrected chi connectivity index (χ3v) is 5.91. The lowest BCUT2D eigenvalue weighted by Crippen LogP contribution is -2.11. The van der Waals surface area contributed by atoms with E-state index in [1.54, 1.807) is 29.5 Å². The molecule has 0 amide bonds. The highest BCUT2D eigenvalue weighted by Gasteiger charge is 2.14. The molecule has 3 aromatic heterocycles. The Morgan fingerprint density at radius 2 is 2.19 bits per heavy atom. The van der Waals surface area contributed by atoms with Crippen LogP contribution >= 0.6 is 34.7 Å². The van der Waals surface area contributed by atoms with Crippen LogP contribution < -0.4 is 5.56 Å². The number of thioether (sulfide) groups is 1. The third-order valence-electron chi connectivity index (χ3n) is 3.83. The van der Waals surface area contributed by atoms with Crippen molar-refractivity contribution in [2.24, 2.45) is 0 Å². The standard InChI is InChI=1S/C17H14ClN5OS2/c1-2-23-15(13-4-3-7-25-13)21-22-17(23)26-9-14-19-12-6-5-10(18)8-11(12)16(24)20-14/h3-8H,2,9H2,1H3,(H,19,20,24). The van der Waals surface area contributed by atoms with Gasteiger partial charge in [-0.2, -0.15) is 0 Å². The second-order valence-electron chi connectivity index (χ2n) is 5.49. The number of H-pyrrole nitrogens is 1. The van der Waals surface area contributed by atoms with Gasteiger partial charge >= 0.3 is 0 Å². The molecule has 0 unspecified atom stereocenters. The van der Waals surface area contributed by atoms with Gasteiger partial charge in [-0.3, -0.25) is 4.79 Å². The summed E-state index contributed by atoms with van der Waals surface area (Å²) in [5, 5.41) is 12.4. The number of hydrogen-bond donors (Lipinski definition) is 1. The molecule has 4 aromatic rings. The summed E-state index contributed by atoms with van der Waals surface area (Å²) < 4.78 is 2.06. The van der Waals surface area contributed by atoms with Crippen LogP contribution in [0.15, 0.2) is 45.7 Å². The van der Waals surface area contributed by atoms with E-state index in [1.165, 1.54) is 11.8 Å². The van der Waals surface area contributed by atoms with Crippen LogP contribution in [0.25, 0.3) is 21.6 Å². The maximum absolute atomic E-state index is 12.3. The Balaban J connectivity index is 1.61. The summed E-state index contributed by atoms with van der Waals surface area (Å²) >= 11 is 9.08. The van der Waals surface area contributed by atoms with Gasteiger partial charge in [0.1, 0.15) is 5.82 Å². The summed E-state index contributed by atoms with van der Waals surface area (Å²) in [5.41, 5.74) is 0.439. The summed E-state index contributed by atoms with van der Waals surface area (Å²) in [4.78, 5) is 20.7. The van der Waals surface area contributed by atoms with Crippen molar-refractivity contribution in [3.8, 4) is 10.7 Å². The molecule has 1 N–H and O–H groups in total. The number of nitrogens with zero attached hydrogens (tertiary/aromatic N) is 4. The molecule has 0 spiro atoms. The molecule has 3 heterocycles. The van der Waals surface area contributed by atoms with Gasteiger partial charge in [0.05, 0.1) is 21.5 Å². The minimum absolute atomic E-state index is 0.190. The van der Waals surface area contributed by atoms with Crippen LogP contribution in [0.3, 0.4) is 0 Å². The van der Waals surface area contributed by atoms with E-state index in [0.717, 1.165) is 22.4 Å². The largest absolute Gasteiger partial charge is 0.309 e. The number of benzene rings is 1. The summed E-state index contributed by atoms with van der Waals surface area (Å²) in [6.45, 7) is 2.83. The van der Waals surface area contributed by atoms with E-state index in [2.05, 4.69) is 31.7 Å². The molecule has 0 aliphatic carbocycles. The van der Waals surface area contributed by atoms with Gasteiger partial charge in [0.25, 0.3) is 5.56 Å². The van der Waals surface area contributed by atoms with Crippen LogP contribution in [0.5, 0.6) is 0 Å². The lowest BCUT2D eigenvalue weighted by Gasteiger charge is -2.06. The van der Waals surface area contributed by atoms with Crippen LogP contribution in [-0.4, -0.2) is 24.7 Å². The number of rotatable bonds is 5. The quantitative estimate of drug-likeness (QED) is 0.505. The molecule has 0 saturated carbocycles. The minimum atomic E-state index is -0.190. The van der Waals surface area contributed by atoms with Gasteiger partial charge in [0.2, 0.25) is 0 Å². The maximum Gasteiger partial charge on any atom is 0.258 e. The Morgan fingerprint density at radius 3 is 2.96 bits per heavy atom. The van der Waals surface area contributed by atoms with E-state index in [-0.39, 0.29) is 5.56 Å². The average molecular weight is 404 g/mol. The molecule has 0 aliphatic rings. The molecule has 4 rings (SSSR count). The van der Waals surface area contributed by atoms with Gasteiger partial charge in [0, 0.05) is 11.6 Å². The molecule has 0 atom stereocenters. The fourth-order valence-electron chi connectivity index (χ4n) is 2.63. The summed E-state index contributed by atoms with van der Waals surface area (Å²) in [6.07, 6.45) is 0. The van der Waals surface area contributed by atoms with Crippen molar-refractivity contribution in [1.29, 1.82) is 0 Å². The number of halogens is 1. The van der Waals surface area contributed by atoms with Crippen molar-refractivity contribution in [1.82, 2.24) is 24.7 Å². The Bertz CT molecular complexity index is 1120. The second kappa shape index (κ2) is 7.22. The van der Waals surface area contributed by atoms with Crippen molar-refractivity contribution >= 4 is 45.6 Å². The predicted octanol–water partition coefficient (Wildman–Crippen LogP) is 4.21. The van der Waals surface area contributed by atoms with Gasteiger partial charge < -0.3 is 9.55 Å². The molecule has 132 valence electrons. The SMILES string of the molecule is CCn1c(SCc2nc3ccc(Cl)cc3c(=O)[nH]2)nnc1-c1cccs1. The molecule has 0 saturated heterocycles. The van der Waals surface area contributed by atoms with Crippen molar-refractivity contribution in [2.75, 3.05) is 0 Å². The Morgan fingerprint density at radius 1 is 1.31 bits per heavy atom. The summed E-state index contributed by atoms with van der Waals surface area (Å²) in [7, 11) is 0. The minimum Gasteiger partial charge on any atom is -0.309 e. The van der Waals surface area contributed by atoms with E-state index in [4.69, 9.17) is 11.6 Å². The zero-order valence-corrected chi connectivity index (χ0v) is 16.2. The first-order chi connectivity index (χ1) is 12.7. The van der Waals surface area contributed by atoms with Crippen LogP contribution in [0, 0.1) is 0 Å². The molecule has 6 nitrogen and oxygen atoms in total. The molecular formula is C17H14ClN5OS2. The molecule has 0 bridgehead atoms. The van der Waals surface area contributed by atoms with Gasteiger partial charge in [-0.05, 0) is 36.6 Å². The monoisotopic (exact) mass is 403 g/mol. The molecule has 0 aliphatic heterocycles. The van der Waals surface area contributed by atoms with Crippen LogP contribution in [0.2, 0.25) is 5.02 Å². The first kappa shape index (κ1) is 17.3. The van der Waals surface area contributed by atoms with E-state index in [1.807, 2.05) is 17.5 Å². The van der Waals surface area contributed by atoms with Crippen LogP contribution in [0.4, 0.5) is 0 Å². The zero-order chi connectivity index (χ0) is 18.1. The molecule has 0 radical (unpaired) electrons. The maximum atomic E-state index is 12.3. The summed E-state index contributed by atoms with van der Waals surface area (Å²) in [5.74, 6) is 1.95. The smallest absolute Gasteiger partial charge is 0.258 e. The molecule has 0 fully saturated rings. The number of thiophene rings is 1. The zero-order valence-electron chi connectivity index (χ0n) is 13.8. The third kappa shape index (κ3) is 3.27. The topological polar surface area (TPSA) is 76.5 Å². The van der Waals surface area contributed by atoms with E-state index in [9.17, 15) is 4.79 Å². The Kier molecular flexibility index (Phi) is 4.80. The second-order valence-corrected chi connectivity index (χ2v) is 7.82. The number of hydrogen-bond acceptors (Lipinski definition) is 6. The van der Waals surface area contributed by atoms with Gasteiger partial charge in [-0.15, -0.1) is 21.5 Å². The molecular weight excluding hydrogens is 390 g/mol. The highest BCUT2D eigenvalue weighted by Crippen LogP contribution is 2.28. The lowest BCUT2D eigenvalue weighted by molar-refractivity contribution is 0.687. The number of aromatic amines is 1. The summed E-state index contributed by atoms with van der Waals surface area (Å²) in [6, 6.07) is 9.14. The number of aromatic nitrogens is 5. The van der Waals surface area contributed by atoms with Gasteiger partial charge in [-0.1, -0.05) is 29.4 Å². The first-order valence-electron chi connectivity index (χ1n) is 7.94. The lowest BCUT2D eigenvalue weighted by atomic mass is 10.2. The van der Waals surface area contributed by atoms with E-state index in [0.29, 0.717) is 27.5 Å². The average Bonchev–Trinajstić information content (AvgIpc) is 3.29. The molecule has 1 aromatic carbocycles. The number of fused-ring (bicyclic) bond motifs is 1. The van der Waals surface area contributed by atoms with E-state index >= 15 is 0 Å². The highest BCUT2D eigenvalue weighted by molar-refractivity contribution is 7.98. The molecule has 26 heavy (non-hydrogen) atoms. The normalized spacial score (nSPS) is 11.3. The molecule has 9 heteroatoms. The fraction of sp³-hybridized carbons (Fsp3) is 0.176. The van der Waals surface area contributed by atoms with Gasteiger partial charge in [0.15, 0.2) is 11.0 Å². The van der Waals surface area contributed by atoms with Crippen molar-refractivity contribution in [3.63, 3.8) is 0 Å². The van der Waals surface area contributed by atoms with Crippen molar-refractivity contribution < 1.29 is 0 Å². The Labute approximate surface area is 162 Å². The van der Waals surface area contributed by atoms with Crippen LogP contribution in [-0.2, 0) is 12.3 Å². The number of nitrogens with one attached hydrogen (secondary N) is 1. The first-order valence-corrected chi connectivity index (χ1v) is 10.2. The van der Waals surface area contributed by atoms with E-state index < -0.39 is 0 Å². The van der Waals surface area contributed by atoms with Crippen LogP contribution in [0.1, 0.15) is 12.7 Å². The van der Waals surface area contributed by atoms with Gasteiger partial charge in [-0.25, -0.2) is 4.98 Å². The predicted molar refractivity (Wildman–Crippen MR) is 106 cm³/mol. The Hall–Kier alpha value is -2.16.